The molecule has 27 heavy (non-hydrogen) atoms. The maximum absolute atomic E-state index is 13.1. The molecule has 0 aliphatic rings. The van der Waals surface area contributed by atoms with E-state index >= 15 is 0 Å². The molecule has 1 aromatic carbocycles. The normalized spacial score (nSPS) is 10.9. The van der Waals surface area contributed by atoms with Crippen LogP contribution in [0.25, 0.3) is 10.2 Å². The van der Waals surface area contributed by atoms with Gasteiger partial charge in [0.1, 0.15) is 11.5 Å². The number of fused-ring (bicyclic) bond motifs is 1. The number of carbonyl (C=O) groups is 1. The Kier molecular flexibility index (Phi) is 4.55. The Morgan fingerprint density at radius 2 is 2.19 bits per heavy atom. The first kappa shape index (κ1) is 17.2. The molecular weight excluding hydrogens is 364 g/mol. The monoisotopic (exact) mass is 380 g/mol. The highest BCUT2D eigenvalue weighted by atomic mass is 32.1. The van der Waals surface area contributed by atoms with E-state index in [1.807, 2.05) is 30.3 Å². The molecule has 0 saturated carbocycles. The van der Waals surface area contributed by atoms with Gasteiger partial charge in [0.05, 0.1) is 23.9 Å². The van der Waals surface area contributed by atoms with Crippen LogP contribution in [0, 0.1) is 6.92 Å². The summed E-state index contributed by atoms with van der Waals surface area (Å²) in [6.45, 7) is 2.08. The molecule has 3 aromatic heterocycles. The average Bonchev–Trinajstić information content (AvgIpc) is 3.31. The number of hydrogen-bond donors (Lipinski definition) is 0. The van der Waals surface area contributed by atoms with E-state index in [1.54, 1.807) is 37.4 Å². The van der Waals surface area contributed by atoms with Crippen LogP contribution in [-0.4, -0.2) is 28.1 Å². The number of amides is 1. The van der Waals surface area contributed by atoms with Crippen LogP contribution in [0.5, 0.6) is 5.75 Å². The lowest BCUT2D eigenvalue weighted by Crippen LogP contribution is -2.30. The van der Waals surface area contributed by atoms with Crippen LogP contribution >= 0.6 is 11.3 Å². The second-order valence-corrected chi connectivity index (χ2v) is 6.91. The third-order valence-electron chi connectivity index (χ3n) is 3.97. The zero-order valence-electron chi connectivity index (χ0n) is 14.7. The summed E-state index contributed by atoms with van der Waals surface area (Å²) in [6, 6.07) is 11.0. The number of rotatable bonds is 5. The van der Waals surface area contributed by atoms with E-state index < -0.39 is 0 Å². The highest BCUT2D eigenvalue weighted by molar-refractivity contribution is 7.22. The van der Waals surface area contributed by atoms with Gasteiger partial charge in [-0.15, -0.1) is 0 Å². The summed E-state index contributed by atoms with van der Waals surface area (Å²) in [5.41, 5.74) is 1.91. The molecule has 0 atom stereocenters. The van der Waals surface area contributed by atoms with E-state index in [0.717, 1.165) is 21.5 Å². The SMILES string of the molecule is COc1ccc2sc(N(Cc3cccnc3)C(=O)c3cc(C)on3)nc2c1. The number of aryl methyl sites for hydroxylation is 1. The number of benzene rings is 1. The quantitative estimate of drug-likeness (QED) is 0.523. The van der Waals surface area contributed by atoms with Gasteiger partial charge >= 0.3 is 0 Å². The Balaban J connectivity index is 1.75. The number of carbonyl (C=O) groups excluding carboxylic acids is 1. The molecule has 0 bridgehead atoms. The lowest BCUT2D eigenvalue weighted by atomic mass is 10.2. The van der Waals surface area contributed by atoms with Crippen molar-refractivity contribution in [2.45, 2.75) is 13.5 Å². The molecule has 0 N–H and O–H groups in total. The highest BCUT2D eigenvalue weighted by Crippen LogP contribution is 2.32. The van der Waals surface area contributed by atoms with Crippen LogP contribution in [0.4, 0.5) is 5.13 Å². The van der Waals surface area contributed by atoms with Crippen molar-refractivity contribution in [3.8, 4) is 5.75 Å². The van der Waals surface area contributed by atoms with Crippen LogP contribution in [0.1, 0.15) is 21.8 Å². The van der Waals surface area contributed by atoms with Gasteiger partial charge in [0.15, 0.2) is 10.8 Å². The minimum atomic E-state index is -0.276. The Labute approximate surface area is 159 Å². The number of pyridine rings is 1. The van der Waals surface area contributed by atoms with Crippen molar-refractivity contribution in [3.05, 3.63) is 65.8 Å². The molecule has 4 rings (SSSR count). The summed E-state index contributed by atoms with van der Waals surface area (Å²) in [4.78, 5) is 23.4. The molecule has 0 fully saturated rings. The Morgan fingerprint density at radius 3 is 2.89 bits per heavy atom. The third-order valence-corrected chi connectivity index (χ3v) is 5.03. The lowest BCUT2D eigenvalue weighted by Gasteiger charge is -2.18. The standard InChI is InChI=1S/C19H16N4O3S/c1-12-8-16(22-26-12)18(24)23(11-13-4-3-7-20-10-13)19-21-15-9-14(25-2)5-6-17(15)27-19/h3-10H,11H2,1-2H3. The average molecular weight is 380 g/mol. The topological polar surface area (TPSA) is 81.4 Å². The minimum Gasteiger partial charge on any atom is -0.497 e. The molecule has 0 aliphatic carbocycles. The lowest BCUT2D eigenvalue weighted by molar-refractivity contribution is 0.0976. The van der Waals surface area contributed by atoms with E-state index in [2.05, 4.69) is 15.1 Å². The van der Waals surface area contributed by atoms with Gasteiger partial charge in [-0.1, -0.05) is 22.6 Å². The zero-order valence-corrected chi connectivity index (χ0v) is 15.6. The molecule has 3 heterocycles. The molecule has 0 radical (unpaired) electrons. The number of ether oxygens (including phenoxy) is 1. The largest absolute Gasteiger partial charge is 0.497 e. The van der Waals surface area contributed by atoms with Crippen LogP contribution in [0.15, 0.2) is 53.3 Å². The van der Waals surface area contributed by atoms with Crippen LogP contribution < -0.4 is 9.64 Å². The highest BCUT2D eigenvalue weighted by Gasteiger charge is 2.24. The molecule has 7 nitrogen and oxygen atoms in total. The van der Waals surface area contributed by atoms with Gasteiger partial charge < -0.3 is 9.26 Å². The van der Waals surface area contributed by atoms with Crippen molar-refractivity contribution < 1.29 is 14.1 Å². The molecule has 1 amide bonds. The second-order valence-electron chi connectivity index (χ2n) is 5.91. The second kappa shape index (κ2) is 7.16. The van der Waals surface area contributed by atoms with E-state index in [9.17, 15) is 4.79 Å². The Bertz CT molecular complexity index is 1090. The first-order chi connectivity index (χ1) is 13.1. The summed E-state index contributed by atoms with van der Waals surface area (Å²) in [5, 5.41) is 4.44. The van der Waals surface area contributed by atoms with Gasteiger partial charge in [0, 0.05) is 24.5 Å². The van der Waals surface area contributed by atoms with E-state index in [-0.39, 0.29) is 11.6 Å². The number of methoxy groups -OCH3 is 1. The molecule has 0 spiro atoms. The summed E-state index contributed by atoms with van der Waals surface area (Å²) in [6.07, 6.45) is 3.42. The fourth-order valence-electron chi connectivity index (χ4n) is 2.64. The molecule has 0 aliphatic heterocycles. The van der Waals surface area contributed by atoms with Crippen molar-refractivity contribution in [2.24, 2.45) is 0 Å². The van der Waals surface area contributed by atoms with Gasteiger partial charge in [-0.05, 0) is 30.7 Å². The summed E-state index contributed by atoms with van der Waals surface area (Å²) in [7, 11) is 1.61. The van der Waals surface area contributed by atoms with Gasteiger partial charge in [0.25, 0.3) is 5.91 Å². The fourth-order valence-corrected chi connectivity index (χ4v) is 3.59. The summed E-state index contributed by atoms with van der Waals surface area (Å²) >= 11 is 1.43. The number of nitrogens with zero attached hydrogens (tertiary/aromatic N) is 4. The van der Waals surface area contributed by atoms with Crippen LogP contribution in [-0.2, 0) is 6.54 Å². The van der Waals surface area contributed by atoms with Crippen LogP contribution in [0.3, 0.4) is 0 Å². The molecular formula is C19H16N4O3S. The minimum absolute atomic E-state index is 0.244. The summed E-state index contributed by atoms with van der Waals surface area (Å²) < 4.78 is 11.3. The van der Waals surface area contributed by atoms with E-state index in [4.69, 9.17) is 9.26 Å². The third kappa shape index (κ3) is 3.52. The van der Waals surface area contributed by atoms with Crippen molar-refractivity contribution in [1.82, 2.24) is 15.1 Å². The van der Waals surface area contributed by atoms with Gasteiger partial charge in [-0.25, -0.2) is 4.98 Å². The molecule has 4 aromatic rings. The van der Waals surface area contributed by atoms with Crippen molar-refractivity contribution in [3.63, 3.8) is 0 Å². The molecule has 8 heteroatoms. The number of hydrogen-bond acceptors (Lipinski definition) is 7. The van der Waals surface area contributed by atoms with Crippen molar-refractivity contribution in [2.75, 3.05) is 12.0 Å². The zero-order chi connectivity index (χ0) is 18.8. The van der Waals surface area contributed by atoms with Gasteiger partial charge in [-0.3, -0.25) is 14.7 Å². The van der Waals surface area contributed by atoms with Crippen molar-refractivity contribution in [1.29, 1.82) is 0 Å². The van der Waals surface area contributed by atoms with Crippen molar-refractivity contribution >= 4 is 32.6 Å². The number of anilines is 1. The van der Waals surface area contributed by atoms with E-state index in [0.29, 0.717) is 17.4 Å². The van der Waals surface area contributed by atoms with E-state index in [1.165, 1.54) is 11.3 Å². The predicted octanol–water partition coefficient (Wildman–Crippen LogP) is 3.84. The number of aromatic nitrogens is 3. The summed E-state index contributed by atoms with van der Waals surface area (Å²) in [5.74, 6) is 1.02. The maximum atomic E-state index is 13.1. The first-order valence-corrected chi connectivity index (χ1v) is 9.04. The smallest absolute Gasteiger partial charge is 0.282 e. The van der Waals surface area contributed by atoms with Gasteiger partial charge in [-0.2, -0.15) is 0 Å². The fraction of sp³-hybridized carbons (Fsp3) is 0.158. The molecule has 0 saturated heterocycles. The first-order valence-electron chi connectivity index (χ1n) is 8.23. The Hall–Kier alpha value is -3.26. The molecule has 136 valence electrons. The van der Waals surface area contributed by atoms with Gasteiger partial charge in [0.2, 0.25) is 0 Å². The maximum Gasteiger partial charge on any atom is 0.282 e. The van der Waals surface area contributed by atoms with Crippen LogP contribution in [0.2, 0.25) is 0 Å². The molecule has 0 unspecified atom stereocenters. The predicted molar refractivity (Wildman–Crippen MR) is 102 cm³/mol. The number of thiazole rings is 1. The Morgan fingerprint density at radius 1 is 1.30 bits per heavy atom.